The molecule has 2 aromatic heterocycles. The summed E-state index contributed by atoms with van der Waals surface area (Å²) in [6, 6.07) is 25.1. The van der Waals surface area contributed by atoms with E-state index in [1.807, 2.05) is 29.0 Å². The number of carbonyl (C=O) groups is 2. The summed E-state index contributed by atoms with van der Waals surface area (Å²) in [4.78, 5) is 28.6. The van der Waals surface area contributed by atoms with Crippen LogP contribution >= 0.6 is 11.3 Å². The molecule has 6 heteroatoms. The van der Waals surface area contributed by atoms with Crippen molar-refractivity contribution in [2.75, 3.05) is 4.90 Å². The van der Waals surface area contributed by atoms with Crippen LogP contribution in [0.4, 0.5) is 15.9 Å². The fourth-order valence-electron chi connectivity index (χ4n) is 4.54. The summed E-state index contributed by atoms with van der Waals surface area (Å²) in [6.07, 6.45) is 1.83. The van der Waals surface area contributed by atoms with E-state index in [4.69, 9.17) is 0 Å². The van der Waals surface area contributed by atoms with Crippen molar-refractivity contribution in [3.63, 3.8) is 0 Å². The molecule has 0 bridgehead atoms. The Balaban J connectivity index is 1.30. The van der Waals surface area contributed by atoms with E-state index in [-0.39, 0.29) is 46.6 Å². The van der Waals surface area contributed by atoms with Crippen LogP contribution in [0.5, 0.6) is 0 Å². The van der Waals surface area contributed by atoms with E-state index in [1.54, 1.807) is 11.3 Å². The molecule has 0 spiro atoms. The standard InChI is InChI=1S/C28H15NO2SSe2/c30-27-19-11-16-14-32-15-17(16)12-20(19)28(31)21(27)13-18-9-10-26(33-18)29-22-5-1-3-7-24(22)34-25-8-4-2-6-23(25)29/h1-15H. The van der Waals surface area contributed by atoms with Gasteiger partial charge in [-0.1, -0.05) is 0 Å². The van der Waals surface area contributed by atoms with Crippen LogP contribution in [-0.4, -0.2) is 41.0 Å². The quantitative estimate of drug-likeness (QED) is 0.165. The van der Waals surface area contributed by atoms with Crippen LogP contribution in [0.1, 0.15) is 25.2 Å². The molecule has 2 aliphatic rings. The molecule has 5 aromatic rings. The van der Waals surface area contributed by atoms with Crippen LogP contribution in [-0.2, 0) is 0 Å². The monoisotopic (exact) mass is 589 g/mol. The molecule has 0 fully saturated rings. The fraction of sp³-hybridized carbons (Fsp3) is 0. The Kier molecular flexibility index (Phi) is 4.66. The zero-order valence-corrected chi connectivity index (χ0v) is 21.9. The van der Waals surface area contributed by atoms with E-state index >= 15 is 0 Å². The minimum absolute atomic E-state index is 0.0210. The first-order valence-corrected chi connectivity index (χ1v) is 15.1. The Morgan fingerprint density at radius 3 is 1.94 bits per heavy atom. The molecule has 1 aliphatic carbocycles. The van der Waals surface area contributed by atoms with Gasteiger partial charge in [0.1, 0.15) is 0 Å². The first-order valence-electron chi connectivity index (χ1n) is 10.7. The van der Waals surface area contributed by atoms with Crippen molar-refractivity contribution < 1.29 is 9.59 Å². The number of carbonyl (C=O) groups excluding carboxylic acids is 2. The molecule has 1 aliphatic heterocycles. The normalized spacial score (nSPS) is 14.4. The number of anilines is 3. The Hall–Kier alpha value is -2.98. The van der Waals surface area contributed by atoms with Gasteiger partial charge in [0, 0.05) is 0 Å². The Morgan fingerprint density at radius 2 is 1.32 bits per heavy atom. The third-order valence-corrected chi connectivity index (χ3v) is 11.4. The summed E-state index contributed by atoms with van der Waals surface area (Å²) in [5.74, 6) is -0.316. The van der Waals surface area contributed by atoms with Gasteiger partial charge in [-0.25, -0.2) is 0 Å². The fourth-order valence-corrected chi connectivity index (χ4v) is 9.58. The third-order valence-electron chi connectivity index (χ3n) is 6.14. The number of hydrogen-bond donors (Lipinski definition) is 0. The number of para-hydroxylation sites is 2. The maximum absolute atomic E-state index is 13.1. The minimum atomic E-state index is -0.158. The SMILES string of the molecule is O=C1C(=Cc2ccc(N3c4ccccc4[Se]c4ccccc43)[se]2)C(=O)c2cc3cscc3cc21. The van der Waals surface area contributed by atoms with Crippen LogP contribution < -0.4 is 13.8 Å². The Bertz CT molecular complexity index is 1600. The van der Waals surface area contributed by atoms with Gasteiger partial charge in [0.25, 0.3) is 0 Å². The molecule has 0 unspecified atom stereocenters. The zero-order chi connectivity index (χ0) is 22.8. The predicted molar refractivity (Wildman–Crippen MR) is 142 cm³/mol. The summed E-state index contributed by atoms with van der Waals surface area (Å²) in [7, 11) is 0. The van der Waals surface area contributed by atoms with Gasteiger partial charge in [-0.15, -0.1) is 0 Å². The molecule has 3 nitrogen and oxygen atoms in total. The molecular formula is C28H15NO2SSe2. The summed E-state index contributed by atoms with van der Waals surface area (Å²) >= 11 is 1.84. The van der Waals surface area contributed by atoms with E-state index in [0.29, 0.717) is 11.1 Å². The van der Waals surface area contributed by atoms with Gasteiger partial charge < -0.3 is 0 Å². The van der Waals surface area contributed by atoms with E-state index in [1.165, 1.54) is 24.9 Å². The molecule has 3 heterocycles. The van der Waals surface area contributed by atoms with Crippen molar-refractivity contribution in [1.82, 2.24) is 0 Å². The number of fused-ring (bicyclic) bond motifs is 4. The zero-order valence-electron chi connectivity index (χ0n) is 17.6. The Morgan fingerprint density at radius 1 is 0.735 bits per heavy atom. The van der Waals surface area contributed by atoms with Gasteiger partial charge in [0.15, 0.2) is 0 Å². The summed E-state index contributed by atoms with van der Waals surface area (Å²) in [5.41, 5.74) is 3.82. The van der Waals surface area contributed by atoms with Gasteiger partial charge in [-0.05, 0) is 0 Å². The van der Waals surface area contributed by atoms with Crippen molar-refractivity contribution in [1.29, 1.82) is 0 Å². The maximum atomic E-state index is 13.1. The van der Waals surface area contributed by atoms with Crippen LogP contribution in [0.15, 0.2) is 89.1 Å². The number of thiophene rings is 1. The van der Waals surface area contributed by atoms with Gasteiger partial charge in [0.05, 0.1) is 0 Å². The summed E-state index contributed by atoms with van der Waals surface area (Å²) in [5, 5.41) is 6.07. The van der Waals surface area contributed by atoms with E-state index < -0.39 is 0 Å². The summed E-state index contributed by atoms with van der Waals surface area (Å²) in [6.45, 7) is 0. The second-order valence-electron chi connectivity index (χ2n) is 8.16. The van der Waals surface area contributed by atoms with Crippen molar-refractivity contribution in [3.8, 4) is 0 Å². The van der Waals surface area contributed by atoms with Gasteiger partial charge in [0.2, 0.25) is 0 Å². The predicted octanol–water partition coefficient (Wildman–Crippen LogP) is 4.86. The van der Waals surface area contributed by atoms with E-state index in [2.05, 4.69) is 65.6 Å². The number of Topliss-reactive ketones (excluding diaryl/α,β-unsaturated/α-hetero) is 2. The van der Waals surface area contributed by atoms with Gasteiger partial charge in [-0.3, -0.25) is 0 Å². The average molecular weight is 587 g/mol. The van der Waals surface area contributed by atoms with Crippen molar-refractivity contribution >= 4 is 94.1 Å². The van der Waals surface area contributed by atoms with Gasteiger partial charge in [-0.2, -0.15) is 0 Å². The topological polar surface area (TPSA) is 37.4 Å². The molecule has 0 radical (unpaired) electrons. The molecule has 0 saturated heterocycles. The molecule has 0 amide bonds. The van der Waals surface area contributed by atoms with Gasteiger partial charge >= 0.3 is 213 Å². The van der Waals surface area contributed by atoms with Crippen molar-refractivity contribution in [2.24, 2.45) is 0 Å². The number of rotatable bonds is 2. The number of ketones is 2. The van der Waals surface area contributed by atoms with Crippen LogP contribution in [0.25, 0.3) is 16.8 Å². The van der Waals surface area contributed by atoms with Crippen molar-refractivity contribution in [2.45, 2.75) is 0 Å². The second kappa shape index (κ2) is 7.78. The number of nitrogens with zero attached hydrogens (tertiary/aromatic N) is 1. The number of allylic oxidation sites excluding steroid dienone is 1. The first-order chi connectivity index (χ1) is 16.7. The van der Waals surface area contributed by atoms with E-state index in [9.17, 15) is 9.59 Å². The van der Waals surface area contributed by atoms with E-state index in [0.717, 1.165) is 15.2 Å². The first kappa shape index (κ1) is 20.4. The molecule has 0 N–H and O–H groups in total. The molecule has 0 atom stereocenters. The van der Waals surface area contributed by atoms with Crippen molar-refractivity contribution in [3.05, 3.63) is 105 Å². The third kappa shape index (κ3) is 3.08. The Labute approximate surface area is 212 Å². The van der Waals surface area contributed by atoms with Crippen LogP contribution in [0.3, 0.4) is 0 Å². The van der Waals surface area contributed by atoms with Crippen LogP contribution in [0, 0.1) is 0 Å². The number of hydrogen-bond acceptors (Lipinski definition) is 4. The molecule has 162 valence electrons. The second-order valence-corrected chi connectivity index (χ2v) is 13.5. The average Bonchev–Trinajstić information content (AvgIpc) is 3.57. The molecule has 7 rings (SSSR count). The molecular weight excluding hydrogens is 572 g/mol. The molecule has 0 saturated carbocycles. The van der Waals surface area contributed by atoms with Crippen LogP contribution in [0.2, 0.25) is 0 Å². The summed E-state index contributed by atoms with van der Waals surface area (Å²) < 4.78 is 4.99. The molecule has 34 heavy (non-hydrogen) atoms. The molecule has 3 aromatic carbocycles. The number of benzene rings is 3.